The molecule has 0 radical (unpaired) electrons. The minimum atomic E-state index is -0.702. The highest BCUT2D eigenvalue weighted by atomic mass is 32.1. The van der Waals surface area contributed by atoms with Gasteiger partial charge in [0.1, 0.15) is 6.10 Å². The highest BCUT2D eigenvalue weighted by Crippen LogP contribution is 2.25. The normalized spacial score (nSPS) is 12.8. The van der Waals surface area contributed by atoms with Gasteiger partial charge in [0.05, 0.1) is 22.9 Å². The lowest BCUT2D eigenvalue weighted by atomic mass is 10.1. The van der Waals surface area contributed by atoms with Gasteiger partial charge in [0, 0.05) is 4.88 Å². The topological polar surface area (TPSA) is 46.0 Å². The predicted octanol–water partition coefficient (Wildman–Crippen LogP) is 3.08. The monoisotopic (exact) mass is 256 g/mol. The summed E-state index contributed by atoms with van der Waals surface area (Å²) < 4.78 is 0. The number of aryl methyl sites for hydroxylation is 1. The molecular formula is C14H12N2OS. The molecule has 1 N–H and O–H groups in total. The summed E-state index contributed by atoms with van der Waals surface area (Å²) in [7, 11) is 0. The Kier molecular flexibility index (Phi) is 2.81. The van der Waals surface area contributed by atoms with Gasteiger partial charge >= 0.3 is 0 Å². The van der Waals surface area contributed by atoms with E-state index in [1.54, 1.807) is 17.5 Å². The summed E-state index contributed by atoms with van der Waals surface area (Å²) in [5.74, 6) is 0. The van der Waals surface area contributed by atoms with Crippen molar-refractivity contribution < 1.29 is 5.11 Å². The second kappa shape index (κ2) is 4.48. The highest BCUT2D eigenvalue weighted by molar-refractivity contribution is 7.10. The van der Waals surface area contributed by atoms with Crippen molar-refractivity contribution in [1.82, 2.24) is 9.97 Å². The molecule has 1 atom stereocenters. The van der Waals surface area contributed by atoms with Gasteiger partial charge in [0.2, 0.25) is 0 Å². The highest BCUT2D eigenvalue weighted by Gasteiger charge is 2.14. The van der Waals surface area contributed by atoms with E-state index in [-0.39, 0.29) is 0 Å². The second-order valence-corrected chi connectivity index (χ2v) is 5.29. The van der Waals surface area contributed by atoms with Crippen molar-refractivity contribution >= 4 is 22.4 Å². The van der Waals surface area contributed by atoms with Crippen LogP contribution in [0.25, 0.3) is 11.0 Å². The van der Waals surface area contributed by atoms with E-state index in [0.29, 0.717) is 5.69 Å². The van der Waals surface area contributed by atoms with Crippen molar-refractivity contribution in [3.8, 4) is 0 Å². The number of benzene rings is 1. The van der Waals surface area contributed by atoms with E-state index in [1.807, 2.05) is 42.6 Å². The Morgan fingerprint density at radius 1 is 1.22 bits per heavy atom. The Hall–Kier alpha value is -1.78. The smallest absolute Gasteiger partial charge is 0.123 e. The van der Waals surface area contributed by atoms with Gasteiger partial charge < -0.3 is 5.11 Å². The summed E-state index contributed by atoms with van der Waals surface area (Å²) in [6, 6.07) is 9.63. The molecule has 4 heteroatoms. The minimum Gasteiger partial charge on any atom is -0.382 e. The van der Waals surface area contributed by atoms with Crippen LogP contribution in [0.1, 0.15) is 22.2 Å². The standard InChI is InChI=1S/C14H12N2OS/c1-9-6-10(8-18-9)14(17)13-7-15-11-4-2-3-5-12(11)16-13/h2-8,14,17H,1H3. The number of aromatic nitrogens is 2. The van der Waals surface area contributed by atoms with Crippen LogP contribution in [-0.2, 0) is 0 Å². The molecule has 3 aromatic rings. The van der Waals surface area contributed by atoms with Crippen LogP contribution in [0.4, 0.5) is 0 Å². The van der Waals surface area contributed by atoms with Crippen molar-refractivity contribution in [2.75, 3.05) is 0 Å². The van der Waals surface area contributed by atoms with E-state index in [2.05, 4.69) is 9.97 Å². The predicted molar refractivity (Wildman–Crippen MR) is 72.7 cm³/mol. The average Bonchev–Trinajstić information content (AvgIpc) is 2.84. The van der Waals surface area contributed by atoms with Crippen LogP contribution in [0.5, 0.6) is 0 Å². The van der Waals surface area contributed by atoms with E-state index >= 15 is 0 Å². The van der Waals surface area contributed by atoms with Crippen molar-refractivity contribution in [3.63, 3.8) is 0 Å². The third-order valence-corrected chi connectivity index (χ3v) is 3.69. The molecule has 0 saturated heterocycles. The van der Waals surface area contributed by atoms with E-state index in [0.717, 1.165) is 16.6 Å². The van der Waals surface area contributed by atoms with Gasteiger partial charge in [-0.05, 0) is 36.1 Å². The Balaban J connectivity index is 2.03. The Morgan fingerprint density at radius 3 is 2.72 bits per heavy atom. The molecule has 0 aliphatic carbocycles. The number of aliphatic hydroxyl groups excluding tert-OH is 1. The number of nitrogens with zero attached hydrogens (tertiary/aromatic N) is 2. The van der Waals surface area contributed by atoms with Gasteiger partial charge in [0.15, 0.2) is 0 Å². The van der Waals surface area contributed by atoms with Gasteiger partial charge in [-0.2, -0.15) is 0 Å². The van der Waals surface area contributed by atoms with Crippen LogP contribution in [0, 0.1) is 6.92 Å². The molecule has 18 heavy (non-hydrogen) atoms. The summed E-state index contributed by atoms with van der Waals surface area (Å²) in [6.45, 7) is 2.02. The zero-order valence-electron chi connectivity index (χ0n) is 9.87. The maximum Gasteiger partial charge on any atom is 0.123 e. The number of thiophene rings is 1. The quantitative estimate of drug-likeness (QED) is 0.766. The van der Waals surface area contributed by atoms with Gasteiger partial charge in [-0.3, -0.25) is 4.98 Å². The molecule has 1 aromatic carbocycles. The number of hydrogen-bond acceptors (Lipinski definition) is 4. The lowest BCUT2D eigenvalue weighted by Crippen LogP contribution is -2.02. The Morgan fingerprint density at radius 2 is 2.00 bits per heavy atom. The summed E-state index contributed by atoms with van der Waals surface area (Å²) in [4.78, 5) is 9.95. The van der Waals surface area contributed by atoms with Gasteiger partial charge in [-0.1, -0.05) is 12.1 Å². The van der Waals surface area contributed by atoms with Crippen molar-refractivity contribution in [1.29, 1.82) is 0 Å². The van der Waals surface area contributed by atoms with E-state index in [9.17, 15) is 5.11 Å². The molecule has 0 fully saturated rings. The molecule has 0 aliphatic heterocycles. The number of hydrogen-bond donors (Lipinski definition) is 1. The van der Waals surface area contributed by atoms with Crippen molar-refractivity contribution in [2.45, 2.75) is 13.0 Å². The molecule has 0 saturated carbocycles. The molecule has 0 spiro atoms. The van der Waals surface area contributed by atoms with Crippen molar-refractivity contribution in [3.05, 3.63) is 58.0 Å². The first-order valence-corrected chi connectivity index (χ1v) is 6.57. The lowest BCUT2D eigenvalue weighted by molar-refractivity contribution is 0.216. The molecule has 90 valence electrons. The van der Waals surface area contributed by atoms with Crippen LogP contribution in [0.2, 0.25) is 0 Å². The first-order chi connectivity index (χ1) is 8.74. The Bertz CT molecular complexity index is 693. The number of fused-ring (bicyclic) bond motifs is 1. The van der Waals surface area contributed by atoms with Crippen LogP contribution in [0.3, 0.4) is 0 Å². The fourth-order valence-electron chi connectivity index (χ4n) is 1.88. The van der Waals surface area contributed by atoms with Crippen LogP contribution in [0.15, 0.2) is 41.9 Å². The summed E-state index contributed by atoms with van der Waals surface area (Å²) >= 11 is 1.62. The zero-order chi connectivity index (χ0) is 12.5. The van der Waals surface area contributed by atoms with E-state index < -0.39 is 6.10 Å². The summed E-state index contributed by atoms with van der Waals surface area (Å²) in [6.07, 6.45) is 0.937. The lowest BCUT2D eigenvalue weighted by Gasteiger charge is -2.08. The van der Waals surface area contributed by atoms with Crippen LogP contribution in [-0.4, -0.2) is 15.1 Å². The third-order valence-electron chi connectivity index (χ3n) is 2.81. The maximum atomic E-state index is 10.3. The average molecular weight is 256 g/mol. The fraction of sp³-hybridized carbons (Fsp3) is 0.143. The van der Waals surface area contributed by atoms with E-state index in [4.69, 9.17) is 0 Å². The number of para-hydroxylation sites is 2. The molecule has 2 aromatic heterocycles. The molecule has 0 amide bonds. The van der Waals surface area contributed by atoms with Crippen LogP contribution < -0.4 is 0 Å². The molecule has 0 bridgehead atoms. The third kappa shape index (κ3) is 2.00. The van der Waals surface area contributed by atoms with Gasteiger partial charge in [-0.25, -0.2) is 4.98 Å². The molecule has 1 unspecified atom stereocenters. The maximum absolute atomic E-state index is 10.3. The minimum absolute atomic E-state index is 0.589. The fourth-order valence-corrected chi connectivity index (χ4v) is 2.60. The summed E-state index contributed by atoms with van der Waals surface area (Å²) in [5.41, 5.74) is 3.12. The number of aliphatic hydroxyl groups is 1. The molecule has 0 aliphatic rings. The van der Waals surface area contributed by atoms with Crippen molar-refractivity contribution in [2.24, 2.45) is 0 Å². The SMILES string of the molecule is Cc1cc(C(O)c2cnc3ccccc3n2)cs1. The first-order valence-electron chi connectivity index (χ1n) is 5.69. The second-order valence-electron chi connectivity index (χ2n) is 4.18. The van der Waals surface area contributed by atoms with E-state index in [1.165, 1.54) is 4.88 Å². The molecular weight excluding hydrogens is 244 g/mol. The van der Waals surface area contributed by atoms with Crippen LogP contribution >= 0.6 is 11.3 Å². The summed E-state index contributed by atoms with van der Waals surface area (Å²) in [5, 5.41) is 12.2. The van der Waals surface area contributed by atoms with Gasteiger partial charge in [0.25, 0.3) is 0 Å². The number of rotatable bonds is 2. The molecule has 3 nitrogen and oxygen atoms in total. The largest absolute Gasteiger partial charge is 0.382 e. The molecule has 3 rings (SSSR count). The Labute approximate surface area is 109 Å². The first kappa shape index (κ1) is 11.3. The molecule has 2 heterocycles. The zero-order valence-corrected chi connectivity index (χ0v) is 10.7. The van der Waals surface area contributed by atoms with Gasteiger partial charge in [-0.15, -0.1) is 11.3 Å².